The SMILES string of the molecule is [C-]#[N+]c1ccc(CC(=O)C(C)(C)n2ccc3cc([N+](=O)[O-])ccc32)cc1C(F)(F)F. The van der Waals surface area contributed by atoms with Crippen LogP contribution in [0.3, 0.4) is 0 Å². The van der Waals surface area contributed by atoms with Gasteiger partial charge in [-0.05, 0) is 31.5 Å². The van der Waals surface area contributed by atoms with Gasteiger partial charge in [0.15, 0.2) is 11.5 Å². The molecule has 0 aliphatic heterocycles. The Morgan fingerprint density at radius 2 is 1.87 bits per heavy atom. The predicted molar refractivity (Wildman–Crippen MR) is 104 cm³/mol. The number of nitrogens with zero attached hydrogens (tertiary/aromatic N) is 3. The van der Waals surface area contributed by atoms with Crippen LogP contribution in [0, 0.1) is 16.7 Å². The van der Waals surface area contributed by atoms with Crippen LogP contribution >= 0.6 is 0 Å². The lowest BCUT2D eigenvalue weighted by atomic mass is 9.92. The van der Waals surface area contributed by atoms with Gasteiger partial charge in [-0.15, -0.1) is 0 Å². The molecule has 2 aromatic carbocycles. The van der Waals surface area contributed by atoms with E-state index < -0.39 is 27.9 Å². The van der Waals surface area contributed by atoms with E-state index in [0.717, 1.165) is 12.1 Å². The number of non-ortho nitro benzene ring substituents is 1. The van der Waals surface area contributed by atoms with Gasteiger partial charge in [-0.1, -0.05) is 18.2 Å². The van der Waals surface area contributed by atoms with Gasteiger partial charge >= 0.3 is 6.18 Å². The van der Waals surface area contributed by atoms with Gasteiger partial charge in [0.2, 0.25) is 0 Å². The maximum Gasteiger partial charge on any atom is 0.407 e. The number of hydrogen-bond donors (Lipinski definition) is 0. The molecule has 30 heavy (non-hydrogen) atoms. The van der Waals surface area contributed by atoms with E-state index in [1.165, 1.54) is 24.3 Å². The number of nitro groups is 1. The third-order valence-electron chi connectivity index (χ3n) is 5.02. The fourth-order valence-electron chi connectivity index (χ4n) is 3.28. The summed E-state index contributed by atoms with van der Waals surface area (Å²) in [6.45, 7) is 10.2. The normalized spacial score (nSPS) is 12.0. The molecule has 0 spiro atoms. The van der Waals surface area contributed by atoms with Gasteiger partial charge in [0.05, 0.1) is 22.6 Å². The average Bonchev–Trinajstić information content (AvgIpc) is 3.11. The summed E-state index contributed by atoms with van der Waals surface area (Å²) in [7, 11) is 0. The van der Waals surface area contributed by atoms with E-state index >= 15 is 0 Å². The van der Waals surface area contributed by atoms with Gasteiger partial charge < -0.3 is 4.57 Å². The minimum absolute atomic E-state index is 0.0797. The lowest BCUT2D eigenvalue weighted by Gasteiger charge is -2.27. The number of ketones is 1. The highest BCUT2D eigenvalue weighted by Crippen LogP contribution is 2.37. The molecule has 0 aliphatic carbocycles. The first kappa shape index (κ1) is 21.0. The maximum atomic E-state index is 13.2. The fourth-order valence-corrected chi connectivity index (χ4v) is 3.28. The van der Waals surface area contributed by atoms with Crippen LogP contribution in [0.25, 0.3) is 15.7 Å². The number of aromatic nitrogens is 1. The fraction of sp³-hybridized carbons (Fsp3) is 0.238. The van der Waals surface area contributed by atoms with Crippen LogP contribution in [0.2, 0.25) is 0 Å². The molecular formula is C21H16F3N3O3. The highest BCUT2D eigenvalue weighted by molar-refractivity contribution is 5.91. The van der Waals surface area contributed by atoms with Crippen LogP contribution in [0.15, 0.2) is 48.7 Å². The molecular weight excluding hydrogens is 399 g/mol. The van der Waals surface area contributed by atoms with Crippen molar-refractivity contribution in [3.63, 3.8) is 0 Å². The van der Waals surface area contributed by atoms with Gasteiger partial charge in [-0.2, -0.15) is 13.2 Å². The summed E-state index contributed by atoms with van der Waals surface area (Å²) in [5, 5.41) is 11.5. The van der Waals surface area contributed by atoms with Crippen molar-refractivity contribution < 1.29 is 22.9 Å². The number of carbonyl (C=O) groups excluding carboxylic acids is 1. The van der Waals surface area contributed by atoms with E-state index in [1.807, 2.05) is 0 Å². The molecule has 0 saturated carbocycles. The number of halogens is 3. The van der Waals surface area contributed by atoms with Crippen molar-refractivity contribution in [3.8, 4) is 0 Å². The number of benzene rings is 2. The number of rotatable bonds is 5. The van der Waals surface area contributed by atoms with E-state index in [1.54, 1.807) is 30.7 Å². The van der Waals surface area contributed by atoms with Crippen molar-refractivity contribution in [2.75, 3.05) is 0 Å². The average molecular weight is 415 g/mol. The zero-order valence-electron chi connectivity index (χ0n) is 16.0. The minimum atomic E-state index is -4.69. The Hall–Kier alpha value is -3.67. The van der Waals surface area contributed by atoms with Crippen molar-refractivity contribution in [2.45, 2.75) is 32.0 Å². The molecule has 3 rings (SSSR count). The third-order valence-corrected chi connectivity index (χ3v) is 5.02. The molecule has 0 atom stereocenters. The Bertz CT molecular complexity index is 1200. The molecule has 0 aliphatic rings. The Balaban J connectivity index is 1.95. The van der Waals surface area contributed by atoms with Crippen molar-refractivity contribution >= 4 is 28.1 Å². The third kappa shape index (κ3) is 3.76. The molecule has 0 bridgehead atoms. The zero-order chi connectivity index (χ0) is 22.3. The second-order valence-electron chi connectivity index (χ2n) is 7.31. The van der Waals surface area contributed by atoms with Crippen LogP contribution in [0.5, 0.6) is 0 Å². The maximum absolute atomic E-state index is 13.2. The van der Waals surface area contributed by atoms with Gasteiger partial charge in [0, 0.05) is 35.7 Å². The Labute approximate surface area is 169 Å². The highest BCUT2D eigenvalue weighted by atomic mass is 19.4. The number of carbonyl (C=O) groups is 1. The number of fused-ring (bicyclic) bond motifs is 1. The second kappa shape index (κ2) is 7.30. The number of alkyl halides is 3. The smallest absolute Gasteiger partial charge is 0.335 e. The van der Waals surface area contributed by atoms with E-state index in [0.29, 0.717) is 10.9 Å². The molecule has 1 aromatic heterocycles. The number of nitro benzene ring substituents is 1. The molecule has 1 heterocycles. The molecule has 154 valence electrons. The van der Waals surface area contributed by atoms with Gasteiger partial charge in [-0.25, -0.2) is 4.85 Å². The van der Waals surface area contributed by atoms with Crippen LogP contribution in [-0.2, 0) is 22.9 Å². The van der Waals surface area contributed by atoms with Crippen molar-refractivity contribution in [1.29, 1.82) is 0 Å². The van der Waals surface area contributed by atoms with Crippen LogP contribution in [-0.4, -0.2) is 15.3 Å². The first-order valence-electron chi connectivity index (χ1n) is 8.82. The van der Waals surface area contributed by atoms with Crippen LogP contribution in [0.1, 0.15) is 25.0 Å². The summed E-state index contributed by atoms with van der Waals surface area (Å²) in [4.78, 5) is 26.3. The first-order chi connectivity index (χ1) is 13.9. The lowest BCUT2D eigenvalue weighted by molar-refractivity contribution is -0.384. The number of Topliss-reactive ketones (excluding diaryl/α,β-unsaturated/α-hetero) is 1. The quantitative estimate of drug-likeness (QED) is 0.306. The van der Waals surface area contributed by atoms with Crippen molar-refractivity contribution in [3.05, 3.63) is 81.3 Å². The van der Waals surface area contributed by atoms with Gasteiger partial charge in [0.1, 0.15) is 0 Å². The largest absolute Gasteiger partial charge is 0.407 e. The van der Waals surface area contributed by atoms with Crippen molar-refractivity contribution in [2.24, 2.45) is 0 Å². The highest BCUT2D eigenvalue weighted by Gasteiger charge is 2.35. The second-order valence-corrected chi connectivity index (χ2v) is 7.31. The lowest BCUT2D eigenvalue weighted by Crippen LogP contribution is -2.36. The molecule has 0 radical (unpaired) electrons. The summed E-state index contributed by atoms with van der Waals surface area (Å²) in [6, 6.07) is 9.14. The first-order valence-corrected chi connectivity index (χ1v) is 8.82. The minimum Gasteiger partial charge on any atom is -0.335 e. The van der Waals surface area contributed by atoms with Crippen LogP contribution in [0.4, 0.5) is 24.5 Å². The number of hydrogen-bond acceptors (Lipinski definition) is 3. The molecule has 0 amide bonds. The van der Waals surface area contributed by atoms with Crippen molar-refractivity contribution in [1.82, 2.24) is 4.57 Å². The Morgan fingerprint density at radius 1 is 1.17 bits per heavy atom. The van der Waals surface area contributed by atoms with E-state index in [2.05, 4.69) is 4.85 Å². The molecule has 9 heteroatoms. The predicted octanol–water partition coefficient (Wildman–Crippen LogP) is 5.67. The molecule has 0 saturated heterocycles. The molecule has 3 aromatic rings. The topological polar surface area (TPSA) is 69.5 Å². The van der Waals surface area contributed by atoms with E-state index in [-0.39, 0.29) is 23.5 Å². The molecule has 6 nitrogen and oxygen atoms in total. The standard InChI is InChI=1S/C21H16F3N3O3/c1-20(2,26-9-8-14-12-15(27(29)30)5-7-18(14)26)19(28)11-13-4-6-17(25-3)16(10-13)21(22,23)24/h4-10,12H,11H2,1-2H3. The zero-order valence-corrected chi connectivity index (χ0v) is 16.0. The molecule has 0 fully saturated rings. The van der Waals surface area contributed by atoms with Gasteiger partial charge in [0.25, 0.3) is 5.69 Å². The molecule has 0 unspecified atom stereocenters. The summed E-state index contributed by atoms with van der Waals surface area (Å²) < 4.78 is 41.2. The summed E-state index contributed by atoms with van der Waals surface area (Å²) >= 11 is 0. The summed E-state index contributed by atoms with van der Waals surface area (Å²) in [6.07, 6.45) is -3.34. The molecule has 0 N–H and O–H groups in total. The van der Waals surface area contributed by atoms with E-state index in [4.69, 9.17) is 6.57 Å². The van der Waals surface area contributed by atoms with E-state index in [9.17, 15) is 28.1 Å². The monoisotopic (exact) mass is 415 g/mol. The summed E-state index contributed by atoms with van der Waals surface area (Å²) in [5.74, 6) is -0.345. The Morgan fingerprint density at radius 3 is 2.47 bits per heavy atom. The van der Waals surface area contributed by atoms with Gasteiger partial charge in [-0.3, -0.25) is 14.9 Å². The Kier molecular flexibility index (Phi) is 5.12. The van der Waals surface area contributed by atoms with Crippen LogP contribution < -0.4 is 0 Å². The summed E-state index contributed by atoms with van der Waals surface area (Å²) in [5.41, 5.74) is -2.04.